The van der Waals surface area contributed by atoms with Gasteiger partial charge in [0.05, 0.1) is 11.9 Å². The van der Waals surface area contributed by atoms with Gasteiger partial charge in [0.2, 0.25) is 21.8 Å². The van der Waals surface area contributed by atoms with Crippen molar-refractivity contribution in [1.82, 2.24) is 10.2 Å². The summed E-state index contributed by atoms with van der Waals surface area (Å²) in [6.07, 6.45) is 1.17. The summed E-state index contributed by atoms with van der Waals surface area (Å²) < 4.78 is 39.7. The third kappa shape index (κ3) is 8.13. The molecule has 186 valence electrons. The van der Waals surface area contributed by atoms with Gasteiger partial charge >= 0.3 is 0 Å². The van der Waals surface area contributed by atoms with Crippen LogP contribution in [-0.4, -0.2) is 49.5 Å². The lowest BCUT2D eigenvalue weighted by Crippen LogP contribution is -2.52. The first-order valence-electron chi connectivity index (χ1n) is 11.2. The summed E-state index contributed by atoms with van der Waals surface area (Å²) in [6.45, 7) is 7.44. The van der Waals surface area contributed by atoms with E-state index >= 15 is 0 Å². The van der Waals surface area contributed by atoms with Crippen molar-refractivity contribution in [3.8, 4) is 0 Å². The highest BCUT2D eigenvalue weighted by Crippen LogP contribution is 2.22. The number of benzene rings is 2. The van der Waals surface area contributed by atoms with Gasteiger partial charge in [-0.05, 0) is 51.8 Å². The minimum atomic E-state index is -3.75. The number of para-hydroxylation sites is 1. The zero-order valence-electron chi connectivity index (χ0n) is 20.4. The first-order chi connectivity index (χ1) is 15.8. The van der Waals surface area contributed by atoms with E-state index in [1.54, 1.807) is 13.0 Å². The van der Waals surface area contributed by atoms with Crippen LogP contribution in [0.2, 0.25) is 0 Å². The molecule has 0 aliphatic rings. The first-order valence-corrected chi connectivity index (χ1v) is 13.0. The van der Waals surface area contributed by atoms with Crippen LogP contribution in [0.25, 0.3) is 0 Å². The average molecular weight is 492 g/mol. The molecule has 0 saturated heterocycles. The van der Waals surface area contributed by atoms with Gasteiger partial charge in [0.15, 0.2) is 0 Å². The van der Waals surface area contributed by atoms with Gasteiger partial charge in [-0.2, -0.15) is 0 Å². The van der Waals surface area contributed by atoms with Crippen molar-refractivity contribution < 1.29 is 22.4 Å². The topological polar surface area (TPSA) is 86.8 Å². The predicted octanol–water partition coefficient (Wildman–Crippen LogP) is 3.70. The van der Waals surface area contributed by atoms with Gasteiger partial charge in [-0.25, -0.2) is 12.8 Å². The Hall–Kier alpha value is -2.94. The summed E-state index contributed by atoms with van der Waals surface area (Å²) in [5.41, 5.74) is 0.356. The van der Waals surface area contributed by atoms with Crippen molar-refractivity contribution in [2.45, 2.75) is 58.7 Å². The highest BCUT2D eigenvalue weighted by Gasteiger charge is 2.28. The molecule has 0 saturated carbocycles. The average Bonchev–Trinajstić information content (AvgIpc) is 2.74. The Kier molecular flexibility index (Phi) is 9.21. The van der Waals surface area contributed by atoms with Crippen LogP contribution < -0.4 is 9.62 Å². The molecule has 9 heteroatoms. The Bertz CT molecular complexity index is 1080. The minimum Gasteiger partial charge on any atom is -0.350 e. The molecule has 2 rings (SSSR count). The number of sulfonamides is 1. The monoisotopic (exact) mass is 491 g/mol. The molecule has 0 aromatic heterocycles. The quantitative estimate of drug-likeness (QED) is 0.549. The van der Waals surface area contributed by atoms with Gasteiger partial charge in [0.1, 0.15) is 11.9 Å². The van der Waals surface area contributed by atoms with Crippen LogP contribution in [0.1, 0.15) is 46.1 Å². The lowest BCUT2D eigenvalue weighted by molar-refractivity contribution is -0.141. The highest BCUT2D eigenvalue weighted by molar-refractivity contribution is 7.92. The Morgan fingerprint density at radius 2 is 1.62 bits per heavy atom. The number of amides is 2. The van der Waals surface area contributed by atoms with Crippen LogP contribution in [0.4, 0.5) is 10.1 Å². The number of nitrogens with one attached hydrogen (secondary N) is 1. The second kappa shape index (κ2) is 11.5. The second-order valence-corrected chi connectivity index (χ2v) is 11.2. The van der Waals surface area contributed by atoms with E-state index in [9.17, 15) is 22.4 Å². The maximum Gasteiger partial charge on any atom is 0.242 e. The smallest absolute Gasteiger partial charge is 0.242 e. The molecule has 2 aromatic rings. The van der Waals surface area contributed by atoms with E-state index in [1.807, 2.05) is 51.1 Å². The molecule has 0 bridgehead atoms. The zero-order valence-corrected chi connectivity index (χ0v) is 21.2. The van der Waals surface area contributed by atoms with E-state index in [4.69, 9.17) is 0 Å². The summed E-state index contributed by atoms with van der Waals surface area (Å²) in [5, 5.41) is 2.90. The van der Waals surface area contributed by atoms with E-state index < -0.39 is 27.4 Å². The summed E-state index contributed by atoms with van der Waals surface area (Å²) in [4.78, 5) is 27.5. The first kappa shape index (κ1) is 27.3. The third-order valence-corrected chi connectivity index (χ3v) is 6.31. The number of nitrogens with zero attached hydrogens (tertiary/aromatic N) is 2. The van der Waals surface area contributed by atoms with E-state index in [1.165, 1.54) is 23.1 Å². The van der Waals surface area contributed by atoms with E-state index in [-0.39, 0.29) is 43.4 Å². The fraction of sp³-hybridized carbons (Fsp3) is 0.440. The Balaban J connectivity index is 2.17. The van der Waals surface area contributed by atoms with Crippen molar-refractivity contribution in [3.05, 3.63) is 66.0 Å². The molecule has 1 atom stereocenters. The molecule has 0 radical (unpaired) electrons. The summed E-state index contributed by atoms with van der Waals surface area (Å²) in [6, 6.07) is 14.2. The fourth-order valence-electron chi connectivity index (χ4n) is 3.47. The molecule has 1 unspecified atom stereocenters. The van der Waals surface area contributed by atoms with E-state index in [0.29, 0.717) is 0 Å². The number of halogens is 1. The van der Waals surface area contributed by atoms with Crippen LogP contribution in [0.15, 0.2) is 54.6 Å². The Morgan fingerprint density at radius 3 is 2.18 bits per heavy atom. The lowest BCUT2D eigenvalue weighted by atomic mass is 10.1. The van der Waals surface area contributed by atoms with Gasteiger partial charge < -0.3 is 10.2 Å². The van der Waals surface area contributed by atoms with Crippen molar-refractivity contribution in [3.63, 3.8) is 0 Å². The molecular weight excluding hydrogens is 457 g/mol. The summed E-state index contributed by atoms with van der Waals surface area (Å²) >= 11 is 0. The normalized spacial score (nSPS) is 12.6. The number of hydrogen-bond donors (Lipinski definition) is 1. The molecule has 34 heavy (non-hydrogen) atoms. The number of rotatable bonds is 10. The maximum absolute atomic E-state index is 14.2. The third-order valence-electron chi connectivity index (χ3n) is 5.13. The van der Waals surface area contributed by atoms with Gasteiger partial charge in [-0.3, -0.25) is 13.9 Å². The SMILES string of the molecule is CC(C(=O)NC(C)(C)C)N(Cc1ccccc1)C(=O)CCCN(c1ccccc1F)S(C)(=O)=O. The molecule has 2 amide bonds. The van der Waals surface area contributed by atoms with E-state index in [2.05, 4.69) is 5.32 Å². The van der Waals surface area contributed by atoms with Crippen LogP contribution in [0.5, 0.6) is 0 Å². The highest BCUT2D eigenvalue weighted by atomic mass is 32.2. The number of carbonyl (C=O) groups excluding carboxylic acids is 2. The molecule has 7 nitrogen and oxygen atoms in total. The molecule has 1 N–H and O–H groups in total. The zero-order chi connectivity index (χ0) is 25.5. The van der Waals surface area contributed by atoms with Gasteiger partial charge in [0.25, 0.3) is 0 Å². The molecular formula is C25H34FN3O4S. The number of anilines is 1. The van der Waals surface area contributed by atoms with Gasteiger partial charge in [0, 0.05) is 25.0 Å². The molecule has 0 heterocycles. The molecule has 0 aliphatic carbocycles. The van der Waals surface area contributed by atoms with Crippen LogP contribution in [0.3, 0.4) is 0 Å². The van der Waals surface area contributed by atoms with Gasteiger partial charge in [-0.15, -0.1) is 0 Å². The van der Waals surface area contributed by atoms with Crippen molar-refractivity contribution >= 4 is 27.5 Å². The number of hydrogen-bond acceptors (Lipinski definition) is 4. The standard InChI is InChI=1S/C25H34FN3O4S/c1-19(24(31)27-25(2,3)4)28(18-20-12-7-6-8-13-20)23(30)16-11-17-29(34(5,32)33)22-15-10-9-14-21(22)26/h6-10,12-15,19H,11,16-18H2,1-5H3,(H,27,31). The maximum atomic E-state index is 14.2. The molecule has 2 aromatic carbocycles. The van der Waals surface area contributed by atoms with Crippen LogP contribution in [0, 0.1) is 5.82 Å². The minimum absolute atomic E-state index is 0.000441. The van der Waals surface area contributed by atoms with E-state index in [0.717, 1.165) is 16.1 Å². The molecule has 0 fully saturated rings. The van der Waals surface area contributed by atoms with Crippen molar-refractivity contribution in [1.29, 1.82) is 0 Å². The molecule has 0 spiro atoms. The van der Waals surface area contributed by atoms with Crippen LogP contribution >= 0.6 is 0 Å². The van der Waals surface area contributed by atoms with Crippen molar-refractivity contribution in [2.75, 3.05) is 17.1 Å². The number of carbonyl (C=O) groups is 2. The fourth-order valence-corrected chi connectivity index (χ4v) is 4.44. The van der Waals surface area contributed by atoms with Gasteiger partial charge in [-0.1, -0.05) is 42.5 Å². The Labute approximate surface area is 202 Å². The summed E-state index contributed by atoms with van der Waals surface area (Å²) in [5.74, 6) is -1.22. The second-order valence-electron chi connectivity index (χ2n) is 9.31. The van der Waals surface area contributed by atoms with Crippen LogP contribution in [-0.2, 0) is 26.2 Å². The molecule has 0 aliphatic heterocycles. The summed E-state index contributed by atoms with van der Waals surface area (Å²) in [7, 11) is -3.75. The predicted molar refractivity (Wildman–Crippen MR) is 132 cm³/mol. The lowest BCUT2D eigenvalue weighted by Gasteiger charge is -2.32. The largest absolute Gasteiger partial charge is 0.350 e. The Morgan fingerprint density at radius 1 is 1.03 bits per heavy atom. The van der Waals surface area contributed by atoms with Crippen molar-refractivity contribution in [2.24, 2.45) is 0 Å².